The summed E-state index contributed by atoms with van der Waals surface area (Å²) in [7, 11) is 0. The molecule has 0 fully saturated rings. The Morgan fingerprint density at radius 3 is 1.43 bits per heavy atom. The highest BCUT2D eigenvalue weighted by Gasteiger charge is 2.07. The molecule has 0 aliphatic carbocycles. The van der Waals surface area contributed by atoms with E-state index in [2.05, 4.69) is 31.2 Å². The monoisotopic (exact) mass is 570 g/mol. The van der Waals surface area contributed by atoms with Crippen LogP contribution in [0.1, 0.15) is 38.8 Å². The molecule has 0 aliphatic heterocycles. The van der Waals surface area contributed by atoms with Gasteiger partial charge >= 0.3 is 24.0 Å². The lowest BCUT2D eigenvalue weighted by Gasteiger charge is -2.08. The first-order chi connectivity index (χ1) is 20.3. The molecule has 0 saturated heterocycles. The fraction of sp³-hybridized carbons (Fsp3) is 0.133. The van der Waals surface area contributed by atoms with Gasteiger partial charge in [-0.25, -0.2) is 19.2 Å². The van der Waals surface area contributed by atoms with E-state index in [0.29, 0.717) is 36.6 Å². The Bertz CT molecular complexity index is 1450. The van der Waals surface area contributed by atoms with Crippen molar-refractivity contribution in [3.05, 3.63) is 120 Å². The van der Waals surface area contributed by atoms with E-state index >= 15 is 0 Å². The van der Waals surface area contributed by atoms with Crippen LogP contribution in [0.5, 0.6) is 0 Å². The number of nitrogens with one attached hydrogen (secondary N) is 4. The molecule has 42 heavy (non-hydrogen) atoms. The van der Waals surface area contributed by atoms with E-state index in [0.717, 1.165) is 11.1 Å². The van der Waals surface area contributed by atoms with Gasteiger partial charge in [-0.3, -0.25) is 9.97 Å². The quantitative estimate of drug-likeness (QED) is 0.180. The normalized spacial score (nSPS) is 9.83. The molecule has 0 saturated carbocycles. The molecule has 0 radical (unpaired) electrons. The number of carboxylic acids is 1. The zero-order valence-corrected chi connectivity index (χ0v) is 22.7. The number of carbonyl (C=O) groups is 4. The minimum absolute atomic E-state index is 0.174. The topological polar surface area (TPSA) is 172 Å². The smallest absolute Gasteiger partial charge is 0.338 e. The van der Waals surface area contributed by atoms with E-state index in [1.54, 1.807) is 56.0 Å². The Labute approximate surface area is 242 Å². The second-order valence-electron chi connectivity index (χ2n) is 8.51. The summed E-state index contributed by atoms with van der Waals surface area (Å²) < 4.78 is 4.89. The van der Waals surface area contributed by atoms with Crippen molar-refractivity contribution in [2.75, 3.05) is 17.2 Å². The van der Waals surface area contributed by atoms with Gasteiger partial charge in [0.2, 0.25) is 0 Å². The molecule has 12 heteroatoms. The Kier molecular flexibility index (Phi) is 12.0. The highest BCUT2D eigenvalue weighted by Crippen LogP contribution is 2.11. The number of aromatic carboxylic acids is 1. The first-order valence-corrected chi connectivity index (χ1v) is 12.8. The zero-order chi connectivity index (χ0) is 30.2. The maximum absolute atomic E-state index is 11.8. The lowest BCUT2D eigenvalue weighted by atomic mass is 10.2. The number of carbonyl (C=O) groups excluding carboxylic acids is 3. The van der Waals surface area contributed by atoms with Crippen molar-refractivity contribution in [1.82, 2.24) is 20.6 Å². The van der Waals surface area contributed by atoms with Gasteiger partial charge in [-0.15, -0.1) is 0 Å². The van der Waals surface area contributed by atoms with Crippen molar-refractivity contribution in [3.8, 4) is 0 Å². The van der Waals surface area contributed by atoms with Crippen molar-refractivity contribution in [3.63, 3.8) is 0 Å². The summed E-state index contributed by atoms with van der Waals surface area (Å²) in [6, 6.07) is 19.0. The van der Waals surface area contributed by atoms with E-state index < -0.39 is 5.97 Å². The zero-order valence-electron chi connectivity index (χ0n) is 22.7. The summed E-state index contributed by atoms with van der Waals surface area (Å²) in [5, 5.41) is 19.5. The molecular weight excluding hydrogens is 540 g/mol. The average molecular weight is 571 g/mol. The highest BCUT2D eigenvalue weighted by molar-refractivity contribution is 5.93. The first kappa shape index (κ1) is 30.8. The molecule has 0 atom stereocenters. The fourth-order valence-corrected chi connectivity index (χ4v) is 3.32. The van der Waals surface area contributed by atoms with Crippen molar-refractivity contribution >= 4 is 35.4 Å². The average Bonchev–Trinajstić information content (AvgIpc) is 3.01. The maximum atomic E-state index is 11.8. The fourth-order valence-electron chi connectivity index (χ4n) is 3.32. The van der Waals surface area contributed by atoms with Gasteiger partial charge in [0.25, 0.3) is 0 Å². The van der Waals surface area contributed by atoms with Gasteiger partial charge < -0.3 is 31.1 Å². The molecule has 4 rings (SSSR count). The summed E-state index contributed by atoms with van der Waals surface area (Å²) in [4.78, 5) is 53.4. The van der Waals surface area contributed by atoms with Crippen LogP contribution in [-0.2, 0) is 17.8 Å². The molecule has 12 nitrogen and oxygen atoms in total. The van der Waals surface area contributed by atoms with Gasteiger partial charge in [0, 0.05) is 49.3 Å². The number of pyridine rings is 2. The number of anilines is 2. The molecule has 4 aromatic rings. The molecule has 0 unspecified atom stereocenters. The number of nitrogens with zero attached hydrogens (tertiary/aromatic N) is 2. The number of amides is 4. The van der Waals surface area contributed by atoms with E-state index in [4.69, 9.17) is 9.84 Å². The van der Waals surface area contributed by atoms with Crippen molar-refractivity contribution in [2.45, 2.75) is 20.0 Å². The van der Waals surface area contributed by atoms with Crippen LogP contribution in [-0.4, -0.2) is 45.7 Å². The second-order valence-corrected chi connectivity index (χ2v) is 8.51. The highest BCUT2D eigenvalue weighted by atomic mass is 16.5. The first-order valence-electron chi connectivity index (χ1n) is 12.8. The third-order valence-corrected chi connectivity index (χ3v) is 5.45. The molecular formula is C30H30N6O6. The van der Waals surface area contributed by atoms with Gasteiger partial charge in [-0.1, -0.05) is 0 Å². The van der Waals surface area contributed by atoms with E-state index in [1.807, 2.05) is 24.3 Å². The van der Waals surface area contributed by atoms with Crippen LogP contribution in [0.4, 0.5) is 21.0 Å². The number of rotatable bonds is 9. The largest absolute Gasteiger partial charge is 0.478 e. The summed E-state index contributed by atoms with van der Waals surface area (Å²) in [5.74, 6) is -1.38. The molecule has 216 valence electrons. The number of hydrogen-bond donors (Lipinski definition) is 5. The lowest BCUT2D eigenvalue weighted by Crippen LogP contribution is -2.28. The van der Waals surface area contributed by atoms with Crippen molar-refractivity contribution in [2.24, 2.45) is 0 Å². The Morgan fingerprint density at radius 1 is 0.643 bits per heavy atom. The molecule has 2 aromatic heterocycles. The molecule has 0 spiro atoms. The van der Waals surface area contributed by atoms with Gasteiger partial charge in [0.15, 0.2) is 0 Å². The Balaban J connectivity index is 0.000000231. The van der Waals surface area contributed by atoms with Crippen LogP contribution in [0.25, 0.3) is 0 Å². The number of aromatic nitrogens is 2. The minimum atomic E-state index is -1.00. The number of esters is 1. The van der Waals surface area contributed by atoms with Crippen LogP contribution < -0.4 is 21.3 Å². The molecule has 4 amide bonds. The lowest BCUT2D eigenvalue weighted by molar-refractivity contribution is 0.0525. The Morgan fingerprint density at radius 2 is 1.05 bits per heavy atom. The van der Waals surface area contributed by atoms with Crippen molar-refractivity contribution < 1.29 is 29.0 Å². The van der Waals surface area contributed by atoms with Crippen LogP contribution in [0.2, 0.25) is 0 Å². The molecule has 5 N–H and O–H groups in total. The van der Waals surface area contributed by atoms with E-state index in [1.165, 1.54) is 24.3 Å². The minimum Gasteiger partial charge on any atom is -0.478 e. The summed E-state index contributed by atoms with van der Waals surface area (Å²) in [6.07, 6.45) is 6.64. The number of ether oxygens (including phenoxy) is 1. The second kappa shape index (κ2) is 16.4. The van der Waals surface area contributed by atoms with Gasteiger partial charge in [-0.2, -0.15) is 0 Å². The van der Waals surface area contributed by atoms with Crippen LogP contribution >= 0.6 is 0 Å². The molecule has 0 aliphatic rings. The van der Waals surface area contributed by atoms with Gasteiger partial charge in [0.05, 0.1) is 17.7 Å². The van der Waals surface area contributed by atoms with E-state index in [-0.39, 0.29) is 23.6 Å². The number of benzene rings is 2. The van der Waals surface area contributed by atoms with Gasteiger partial charge in [0.1, 0.15) is 0 Å². The molecule has 0 bridgehead atoms. The standard InChI is InChI=1S/C16H17N3O3.C14H13N3O3/c1-2-22-15(20)13-3-5-14(6-4-13)19-16(21)18-11-12-7-9-17-10-8-12;18-13(19)11-1-3-12(4-2-11)17-14(20)16-9-10-5-7-15-8-6-10/h3-10H,2,11H2,1H3,(H2,18,19,21);1-8H,9H2,(H,18,19)(H2,16,17,20). The molecule has 2 aromatic carbocycles. The number of carboxylic acid groups (broad SMARTS) is 1. The van der Waals surface area contributed by atoms with Gasteiger partial charge in [-0.05, 0) is 90.8 Å². The summed E-state index contributed by atoms with van der Waals surface area (Å²) >= 11 is 0. The predicted octanol–water partition coefficient (Wildman–Crippen LogP) is 4.68. The Hall–Kier alpha value is -5.78. The third kappa shape index (κ3) is 10.8. The third-order valence-electron chi connectivity index (χ3n) is 5.45. The van der Waals surface area contributed by atoms with Crippen LogP contribution in [0, 0.1) is 0 Å². The summed E-state index contributed by atoms with van der Waals surface area (Å²) in [6.45, 7) is 2.88. The number of urea groups is 2. The van der Waals surface area contributed by atoms with Crippen molar-refractivity contribution in [1.29, 1.82) is 0 Å². The maximum Gasteiger partial charge on any atom is 0.338 e. The van der Waals surface area contributed by atoms with Crippen LogP contribution in [0.3, 0.4) is 0 Å². The molecule has 2 heterocycles. The van der Waals surface area contributed by atoms with E-state index in [9.17, 15) is 19.2 Å². The summed E-state index contributed by atoms with van der Waals surface area (Å²) in [5.41, 5.74) is 3.65. The van der Waals surface area contributed by atoms with Crippen LogP contribution in [0.15, 0.2) is 97.6 Å². The SMILES string of the molecule is CCOC(=O)c1ccc(NC(=O)NCc2ccncc2)cc1.O=C(NCc1ccncc1)Nc1ccc(C(=O)O)cc1. The number of hydrogen-bond acceptors (Lipinski definition) is 7. The predicted molar refractivity (Wildman–Crippen MR) is 156 cm³/mol.